The standard InChI is InChI=1S/C25H27N/c1-20-12-10-11-17-23(20)26-19-24(2,3)18-25(26,21-13-6-4-7-14-21)22-15-8-5-9-16-22/h4-17H,18-19H2,1-3H3. The molecule has 0 spiro atoms. The van der Waals surface area contributed by atoms with Gasteiger partial charge in [-0.2, -0.15) is 0 Å². The molecule has 0 atom stereocenters. The minimum absolute atomic E-state index is 0.141. The van der Waals surface area contributed by atoms with Crippen LogP contribution < -0.4 is 4.90 Å². The van der Waals surface area contributed by atoms with Crippen molar-refractivity contribution in [2.75, 3.05) is 11.4 Å². The Hall–Kier alpha value is -2.54. The van der Waals surface area contributed by atoms with Crippen LogP contribution in [-0.2, 0) is 5.54 Å². The van der Waals surface area contributed by atoms with Crippen molar-refractivity contribution in [3.05, 3.63) is 102 Å². The molecule has 0 unspecified atom stereocenters. The highest BCUT2D eigenvalue weighted by molar-refractivity contribution is 5.62. The van der Waals surface area contributed by atoms with Crippen LogP contribution in [0.4, 0.5) is 5.69 Å². The maximum Gasteiger partial charge on any atom is 0.0912 e. The van der Waals surface area contributed by atoms with Crippen molar-refractivity contribution in [2.45, 2.75) is 32.7 Å². The Morgan fingerprint density at radius 2 is 1.19 bits per heavy atom. The number of hydrogen-bond acceptors (Lipinski definition) is 1. The molecule has 4 rings (SSSR count). The van der Waals surface area contributed by atoms with E-state index >= 15 is 0 Å². The third kappa shape index (κ3) is 2.72. The molecule has 0 aromatic heterocycles. The SMILES string of the molecule is Cc1ccccc1N1CC(C)(C)CC1(c1ccccc1)c1ccccc1. The van der Waals surface area contributed by atoms with Gasteiger partial charge in [0.1, 0.15) is 0 Å². The molecule has 0 N–H and O–H groups in total. The van der Waals surface area contributed by atoms with Crippen LogP contribution >= 0.6 is 0 Å². The average molecular weight is 341 g/mol. The predicted molar refractivity (Wildman–Crippen MR) is 111 cm³/mol. The molecule has 0 saturated carbocycles. The third-order valence-electron chi connectivity index (χ3n) is 5.69. The first-order valence-electron chi connectivity index (χ1n) is 9.47. The van der Waals surface area contributed by atoms with Gasteiger partial charge in [0.2, 0.25) is 0 Å². The lowest BCUT2D eigenvalue weighted by atomic mass is 9.75. The molecule has 1 heterocycles. The van der Waals surface area contributed by atoms with Gasteiger partial charge >= 0.3 is 0 Å². The molecule has 132 valence electrons. The van der Waals surface area contributed by atoms with Gasteiger partial charge in [0, 0.05) is 12.2 Å². The van der Waals surface area contributed by atoms with E-state index in [1.807, 2.05) is 0 Å². The Kier molecular flexibility index (Phi) is 4.11. The molecule has 1 nitrogen and oxygen atoms in total. The fourth-order valence-electron chi connectivity index (χ4n) is 4.67. The maximum absolute atomic E-state index is 2.65. The zero-order chi connectivity index (χ0) is 18.2. The van der Waals surface area contributed by atoms with Crippen LogP contribution in [0, 0.1) is 12.3 Å². The van der Waals surface area contributed by atoms with Crippen LogP contribution in [0.5, 0.6) is 0 Å². The van der Waals surface area contributed by atoms with Crippen molar-refractivity contribution in [3.8, 4) is 0 Å². The van der Waals surface area contributed by atoms with Gasteiger partial charge in [-0.3, -0.25) is 0 Å². The lowest BCUT2D eigenvalue weighted by molar-refractivity contribution is 0.375. The highest BCUT2D eigenvalue weighted by Crippen LogP contribution is 2.53. The van der Waals surface area contributed by atoms with E-state index in [2.05, 4.69) is 111 Å². The molecule has 0 radical (unpaired) electrons. The Balaban J connectivity index is 2.00. The van der Waals surface area contributed by atoms with E-state index in [1.165, 1.54) is 22.4 Å². The summed E-state index contributed by atoms with van der Waals surface area (Å²) in [6, 6.07) is 30.9. The van der Waals surface area contributed by atoms with E-state index in [1.54, 1.807) is 0 Å². The maximum atomic E-state index is 2.65. The Morgan fingerprint density at radius 3 is 1.73 bits per heavy atom. The average Bonchev–Trinajstić information content (AvgIpc) is 2.96. The second-order valence-electron chi connectivity index (χ2n) is 8.31. The minimum atomic E-state index is -0.141. The lowest BCUT2D eigenvalue weighted by Crippen LogP contribution is -2.42. The van der Waals surface area contributed by atoms with Crippen molar-refractivity contribution >= 4 is 5.69 Å². The lowest BCUT2D eigenvalue weighted by Gasteiger charge is -2.42. The van der Waals surface area contributed by atoms with Gasteiger partial charge in [0.25, 0.3) is 0 Å². The molecular weight excluding hydrogens is 314 g/mol. The van der Waals surface area contributed by atoms with E-state index in [-0.39, 0.29) is 11.0 Å². The molecule has 3 aromatic carbocycles. The van der Waals surface area contributed by atoms with Gasteiger partial charge in [0.05, 0.1) is 5.54 Å². The van der Waals surface area contributed by atoms with E-state index < -0.39 is 0 Å². The number of rotatable bonds is 3. The van der Waals surface area contributed by atoms with Crippen molar-refractivity contribution < 1.29 is 0 Å². The molecule has 1 saturated heterocycles. The molecule has 0 amide bonds. The van der Waals surface area contributed by atoms with Gasteiger partial charge < -0.3 is 4.90 Å². The molecular formula is C25H27N. The summed E-state index contributed by atoms with van der Waals surface area (Å²) in [7, 11) is 0. The van der Waals surface area contributed by atoms with Gasteiger partial charge in [-0.15, -0.1) is 0 Å². The van der Waals surface area contributed by atoms with Crippen LogP contribution in [0.25, 0.3) is 0 Å². The van der Waals surface area contributed by atoms with Gasteiger partial charge in [0.15, 0.2) is 0 Å². The first kappa shape index (κ1) is 16.9. The van der Waals surface area contributed by atoms with Crippen molar-refractivity contribution in [1.29, 1.82) is 0 Å². The fraction of sp³-hybridized carbons (Fsp3) is 0.280. The van der Waals surface area contributed by atoms with Crippen molar-refractivity contribution in [1.82, 2.24) is 0 Å². The molecule has 0 aliphatic carbocycles. The molecule has 0 bridgehead atoms. The van der Waals surface area contributed by atoms with Crippen LogP contribution in [0.2, 0.25) is 0 Å². The summed E-state index contributed by atoms with van der Waals surface area (Å²) < 4.78 is 0. The van der Waals surface area contributed by atoms with E-state index in [4.69, 9.17) is 0 Å². The largest absolute Gasteiger partial charge is 0.357 e. The van der Waals surface area contributed by atoms with Crippen LogP contribution in [-0.4, -0.2) is 6.54 Å². The van der Waals surface area contributed by atoms with Gasteiger partial charge in [-0.05, 0) is 41.5 Å². The highest BCUT2D eigenvalue weighted by atomic mass is 15.2. The summed E-state index contributed by atoms with van der Waals surface area (Å²) in [5.41, 5.74) is 5.51. The quantitative estimate of drug-likeness (QED) is 0.550. The fourth-order valence-corrected chi connectivity index (χ4v) is 4.67. The Labute approximate surface area is 157 Å². The van der Waals surface area contributed by atoms with Crippen LogP contribution in [0.1, 0.15) is 37.0 Å². The monoisotopic (exact) mass is 341 g/mol. The van der Waals surface area contributed by atoms with E-state index in [9.17, 15) is 0 Å². The number of hydrogen-bond donors (Lipinski definition) is 0. The molecule has 1 heteroatoms. The first-order valence-corrected chi connectivity index (χ1v) is 9.47. The van der Waals surface area contributed by atoms with Gasteiger partial charge in [-0.1, -0.05) is 92.7 Å². The molecule has 1 aliphatic heterocycles. The summed E-state index contributed by atoms with van der Waals surface area (Å²) >= 11 is 0. The number of para-hydroxylation sites is 1. The summed E-state index contributed by atoms with van der Waals surface area (Å²) in [4.78, 5) is 2.65. The van der Waals surface area contributed by atoms with Crippen LogP contribution in [0.15, 0.2) is 84.9 Å². The number of anilines is 1. The summed E-state index contributed by atoms with van der Waals surface area (Å²) in [5, 5.41) is 0. The second-order valence-corrected chi connectivity index (χ2v) is 8.31. The second kappa shape index (κ2) is 6.32. The normalized spacial score (nSPS) is 18.0. The topological polar surface area (TPSA) is 3.24 Å². The summed E-state index contributed by atoms with van der Waals surface area (Å²) in [5.74, 6) is 0. The van der Waals surface area contributed by atoms with E-state index in [0.717, 1.165) is 13.0 Å². The van der Waals surface area contributed by atoms with Crippen LogP contribution in [0.3, 0.4) is 0 Å². The Bertz CT molecular complexity index is 841. The molecule has 1 aliphatic rings. The Morgan fingerprint density at radius 1 is 0.692 bits per heavy atom. The van der Waals surface area contributed by atoms with E-state index in [0.29, 0.717) is 0 Å². The van der Waals surface area contributed by atoms with Crippen molar-refractivity contribution in [2.24, 2.45) is 5.41 Å². The number of aryl methyl sites for hydroxylation is 1. The molecule has 1 fully saturated rings. The molecule has 3 aromatic rings. The molecule has 26 heavy (non-hydrogen) atoms. The predicted octanol–water partition coefficient (Wildman–Crippen LogP) is 6.18. The zero-order valence-corrected chi connectivity index (χ0v) is 15.9. The smallest absolute Gasteiger partial charge is 0.0912 e. The third-order valence-corrected chi connectivity index (χ3v) is 5.69. The zero-order valence-electron chi connectivity index (χ0n) is 15.9. The summed E-state index contributed by atoms with van der Waals surface area (Å²) in [6.45, 7) is 8.06. The minimum Gasteiger partial charge on any atom is -0.357 e. The summed E-state index contributed by atoms with van der Waals surface area (Å²) in [6.07, 6.45) is 1.10. The van der Waals surface area contributed by atoms with Gasteiger partial charge in [-0.25, -0.2) is 0 Å². The first-order chi connectivity index (χ1) is 12.5. The number of nitrogens with zero attached hydrogens (tertiary/aromatic N) is 1. The highest BCUT2D eigenvalue weighted by Gasteiger charge is 2.51. The number of benzene rings is 3. The van der Waals surface area contributed by atoms with Crippen molar-refractivity contribution in [3.63, 3.8) is 0 Å².